The summed E-state index contributed by atoms with van der Waals surface area (Å²) < 4.78 is 0. The highest BCUT2D eigenvalue weighted by molar-refractivity contribution is 6.43. The summed E-state index contributed by atoms with van der Waals surface area (Å²) in [5.74, 6) is -0.312. The van der Waals surface area contributed by atoms with Gasteiger partial charge in [-0.05, 0) is 30.7 Å². The third-order valence-electron chi connectivity index (χ3n) is 2.80. The largest absolute Gasteiger partial charge is 0.398 e. The molecule has 0 aliphatic rings. The van der Waals surface area contributed by atoms with E-state index in [-0.39, 0.29) is 21.4 Å². The third kappa shape index (κ3) is 2.71. The molecule has 0 radical (unpaired) electrons. The van der Waals surface area contributed by atoms with Gasteiger partial charge < -0.3 is 5.73 Å². The number of benzene rings is 2. The number of aryl methyl sites for hydroxylation is 1. The van der Waals surface area contributed by atoms with Crippen LogP contribution in [0.2, 0.25) is 15.1 Å². The number of hydrogen-bond acceptors (Lipinski definition) is 2. The van der Waals surface area contributed by atoms with Gasteiger partial charge in [0, 0.05) is 16.3 Å². The van der Waals surface area contributed by atoms with Crippen molar-refractivity contribution < 1.29 is 4.79 Å². The number of anilines is 1. The van der Waals surface area contributed by atoms with Crippen molar-refractivity contribution in [3.8, 4) is 0 Å². The van der Waals surface area contributed by atoms with Crippen molar-refractivity contribution in [2.45, 2.75) is 6.92 Å². The van der Waals surface area contributed by atoms with Gasteiger partial charge in [-0.15, -0.1) is 0 Å². The molecule has 98 valence electrons. The zero-order valence-corrected chi connectivity index (χ0v) is 12.3. The summed E-state index contributed by atoms with van der Waals surface area (Å²) in [4.78, 5) is 12.5. The van der Waals surface area contributed by atoms with Crippen molar-refractivity contribution in [3.63, 3.8) is 0 Å². The molecule has 0 saturated heterocycles. The number of carbonyl (C=O) groups is 1. The van der Waals surface area contributed by atoms with E-state index in [1.54, 1.807) is 12.1 Å². The first kappa shape index (κ1) is 14.2. The predicted octanol–water partition coefficient (Wildman–Crippen LogP) is 4.77. The number of carbonyl (C=O) groups excluding carboxylic acids is 1. The molecule has 0 atom stereocenters. The number of ketones is 1. The minimum atomic E-state index is -0.312. The Hall–Kier alpha value is -1.22. The molecular formula is C14H10Cl3NO. The van der Waals surface area contributed by atoms with Crippen molar-refractivity contribution >= 4 is 46.3 Å². The lowest BCUT2D eigenvalue weighted by Crippen LogP contribution is -2.08. The fourth-order valence-electron chi connectivity index (χ4n) is 1.77. The van der Waals surface area contributed by atoms with E-state index < -0.39 is 0 Å². The van der Waals surface area contributed by atoms with Gasteiger partial charge in [0.2, 0.25) is 0 Å². The first-order valence-electron chi connectivity index (χ1n) is 5.46. The van der Waals surface area contributed by atoms with Gasteiger partial charge in [-0.1, -0.05) is 46.9 Å². The molecule has 5 heteroatoms. The summed E-state index contributed by atoms with van der Waals surface area (Å²) in [7, 11) is 0. The Morgan fingerprint density at radius 1 is 1.11 bits per heavy atom. The monoisotopic (exact) mass is 313 g/mol. The molecule has 2 N–H and O–H groups in total. The van der Waals surface area contributed by atoms with Crippen molar-refractivity contribution in [2.24, 2.45) is 0 Å². The Morgan fingerprint density at radius 3 is 2.26 bits per heavy atom. The van der Waals surface area contributed by atoms with Gasteiger partial charge >= 0.3 is 0 Å². The summed E-state index contributed by atoms with van der Waals surface area (Å²) in [5.41, 5.74) is 7.76. The second-order valence-electron chi connectivity index (χ2n) is 4.11. The quantitative estimate of drug-likeness (QED) is 0.641. The molecule has 0 aliphatic carbocycles. The van der Waals surface area contributed by atoms with Crippen LogP contribution in [0.25, 0.3) is 0 Å². The van der Waals surface area contributed by atoms with Gasteiger partial charge in [-0.3, -0.25) is 4.79 Å². The second kappa shape index (κ2) is 5.41. The lowest BCUT2D eigenvalue weighted by atomic mass is 9.99. The van der Waals surface area contributed by atoms with Gasteiger partial charge in [-0.25, -0.2) is 0 Å². The van der Waals surface area contributed by atoms with Crippen LogP contribution in [0.4, 0.5) is 5.69 Å². The summed E-state index contributed by atoms with van der Waals surface area (Å²) in [6.07, 6.45) is 0. The van der Waals surface area contributed by atoms with E-state index in [1.807, 2.05) is 13.0 Å². The van der Waals surface area contributed by atoms with Crippen LogP contribution in [0, 0.1) is 6.92 Å². The van der Waals surface area contributed by atoms with Gasteiger partial charge in [0.15, 0.2) is 5.78 Å². The molecule has 0 heterocycles. The number of para-hydroxylation sites is 1. The molecule has 2 rings (SSSR count). The summed E-state index contributed by atoms with van der Waals surface area (Å²) >= 11 is 17.9. The van der Waals surface area contributed by atoms with Crippen LogP contribution in [-0.2, 0) is 0 Å². The average Bonchev–Trinajstić information content (AvgIpc) is 2.31. The SMILES string of the molecule is Cc1cccc(C(=O)c2c(Cl)cc(Cl)cc2Cl)c1N. The van der Waals surface area contributed by atoms with Crippen LogP contribution in [0.5, 0.6) is 0 Å². The van der Waals surface area contributed by atoms with Crippen molar-refractivity contribution in [2.75, 3.05) is 5.73 Å². The number of halogens is 3. The molecule has 19 heavy (non-hydrogen) atoms. The van der Waals surface area contributed by atoms with Crippen molar-refractivity contribution in [1.82, 2.24) is 0 Å². The van der Waals surface area contributed by atoms with Crippen LogP contribution in [0.15, 0.2) is 30.3 Å². The molecule has 0 amide bonds. The Morgan fingerprint density at radius 2 is 1.68 bits per heavy atom. The molecule has 0 aromatic heterocycles. The maximum atomic E-state index is 12.5. The molecule has 0 fully saturated rings. The maximum Gasteiger partial charge on any atom is 0.198 e. The van der Waals surface area contributed by atoms with Gasteiger partial charge in [0.1, 0.15) is 0 Å². The second-order valence-corrected chi connectivity index (χ2v) is 5.36. The maximum absolute atomic E-state index is 12.5. The topological polar surface area (TPSA) is 43.1 Å². The van der Waals surface area contributed by atoms with E-state index in [0.29, 0.717) is 16.3 Å². The first-order valence-corrected chi connectivity index (χ1v) is 6.59. The van der Waals surface area contributed by atoms with E-state index in [2.05, 4.69) is 0 Å². The van der Waals surface area contributed by atoms with Crippen LogP contribution < -0.4 is 5.73 Å². The molecule has 0 aliphatic heterocycles. The smallest absolute Gasteiger partial charge is 0.198 e. The summed E-state index contributed by atoms with van der Waals surface area (Å²) in [5, 5.41) is 0.801. The lowest BCUT2D eigenvalue weighted by Gasteiger charge is -2.10. The number of nitrogen functional groups attached to an aromatic ring is 1. The van der Waals surface area contributed by atoms with E-state index >= 15 is 0 Å². The minimum absolute atomic E-state index is 0.211. The van der Waals surface area contributed by atoms with E-state index in [9.17, 15) is 4.79 Å². The molecule has 0 spiro atoms. The molecule has 2 aromatic rings. The first-order chi connectivity index (χ1) is 8.91. The highest BCUT2D eigenvalue weighted by atomic mass is 35.5. The van der Waals surface area contributed by atoms with Crippen molar-refractivity contribution in [1.29, 1.82) is 0 Å². The minimum Gasteiger partial charge on any atom is -0.398 e. The Labute approximate surface area is 126 Å². The molecule has 0 unspecified atom stereocenters. The van der Waals surface area contributed by atoms with Crippen LogP contribution in [-0.4, -0.2) is 5.78 Å². The number of hydrogen-bond donors (Lipinski definition) is 1. The fraction of sp³-hybridized carbons (Fsp3) is 0.0714. The third-order valence-corrected chi connectivity index (χ3v) is 3.62. The average molecular weight is 315 g/mol. The molecule has 2 aromatic carbocycles. The van der Waals surface area contributed by atoms with Gasteiger partial charge in [-0.2, -0.15) is 0 Å². The summed E-state index contributed by atoms with van der Waals surface area (Å²) in [6, 6.07) is 8.20. The number of nitrogens with two attached hydrogens (primary N) is 1. The zero-order chi connectivity index (χ0) is 14.2. The van der Waals surface area contributed by atoms with Crippen LogP contribution in [0.1, 0.15) is 21.5 Å². The molecule has 0 saturated carbocycles. The molecule has 0 bridgehead atoms. The Balaban J connectivity index is 2.60. The standard InChI is InChI=1S/C14H10Cl3NO/c1-7-3-2-4-9(13(7)18)14(19)12-10(16)5-8(15)6-11(12)17/h2-6H,18H2,1H3. The fourth-order valence-corrected chi connectivity index (χ4v) is 2.76. The predicted molar refractivity (Wildman–Crippen MR) is 80.5 cm³/mol. The molecular weight excluding hydrogens is 305 g/mol. The van der Waals surface area contributed by atoms with Crippen molar-refractivity contribution in [3.05, 3.63) is 62.1 Å². The van der Waals surface area contributed by atoms with Gasteiger partial charge in [0.05, 0.1) is 15.6 Å². The highest BCUT2D eigenvalue weighted by Gasteiger charge is 2.20. The van der Waals surface area contributed by atoms with E-state index in [0.717, 1.165) is 5.56 Å². The van der Waals surface area contributed by atoms with Gasteiger partial charge in [0.25, 0.3) is 0 Å². The van der Waals surface area contributed by atoms with Crippen LogP contribution in [0.3, 0.4) is 0 Å². The van der Waals surface area contributed by atoms with E-state index in [1.165, 1.54) is 12.1 Å². The lowest BCUT2D eigenvalue weighted by molar-refractivity contribution is 0.104. The number of rotatable bonds is 2. The normalized spacial score (nSPS) is 10.5. The Kier molecular flexibility index (Phi) is 4.04. The van der Waals surface area contributed by atoms with Crippen LogP contribution >= 0.6 is 34.8 Å². The zero-order valence-electron chi connectivity index (χ0n) is 10.0. The highest BCUT2D eigenvalue weighted by Crippen LogP contribution is 2.32. The Bertz CT molecular complexity index is 645. The summed E-state index contributed by atoms with van der Waals surface area (Å²) in [6.45, 7) is 1.83. The van der Waals surface area contributed by atoms with E-state index in [4.69, 9.17) is 40.5 Å². The molecule has 2 nitrogen and oxygen atoms in total.